The molecule has 1 heterocycles. The minimum atomic E-state index is -0.307. The minimum absolute atomic E-state index is 0.0900. The van der Waals surface area contributed by atoms with Crippen molar-refractivity contribution in [3.63, 3.8) is 0 Å². The Kier molecular flexibility index (Phi) is 4.04. The number of hydrogen-bond acceptors (Lipinski definition) is 3. The molecule has 1 aliphatic heterocycles. The van der Waals surface area contributed by atoms with E-state index in [2.05, 4.69) is 39.8 Å². The SMILES string of the molecule is COCC(B1OC(C)(C)C(C)(C)O1)c1ccccc1. The Bertz CT molecular complexity index is 401. The summed E-state index contributed by atoms with van der Waals surface area (Å²) in [4.78, 5) is 0. The zero-order valence-electron chi connectivity index (χ0n) is 12.5. The summed E-state index contributed by atoms with van der Waals surface area (Å²) in [6.45, 7) is 8.87. The monoisotopic (exact) mass is 262 g/mol. The summed E-state index contributed by atoms with van der Waals surface area (Å²) in [5, 5.41) is 0. The Morgan fingerprint density at radius 2 is 1.58 bits per heavy atom. The maximum atomic E-state index is 6.13. The number of benzene rings is 1. The third-order valence-corrected chi connectivity index (χ3v) is 4.17. The molecule has 1 aromatic carbocycles. The lowest BCUT2D eigenvalue weighted by atomic mass is 9.68. The molecule has 1 unspecified atom stereocenters. The Labute approximate surface area is 116 Å². The number of ether oxygens (including phenoxy) is 1. The fourth-order valence-electron chi connectivity index (χ4n) is 2.26. The van der Waals surface area contributed by atoms with Crippen molar-refractivity contribution in [3.8, 4) is 0 Å². The molecule has 1 aromatic rings. The minimum Gasteiger partial charge on any atom is -0.403 e. The molecule has 2 rings (SSSR count). The van der Waals surface area contributed by atoms with E-state index in [4.69, 9.17) is 14.0 Å². The molecule has 1 atom stereocenters. The van der Waals surface area contributed by atoms with Crippen molar-refractivity contribution < 1.29 is 14.0 Å². The van der Waals surface area contributed by atoms with E-state index in [-0.39, 0.29) is 24.1 Å². The quantitative estimate of drug-likeness (QED) is 0.780. The Morgan fingerprint density at radius 1 is 1.05 bits per heavy atom. The molecule has 19 heavy (non-hydrogen) atoms. The van der Waals surface area contributed by atoms with Crippen molar-refractivity contribution in [1.82, 2.24) is 0 Å². The first kappa shape index (κ1) is 14.6. The zero-order valence-corrected chi connectivity index (χ0v) is 12.5. The van der Waals surface area contributed by atoms with Gasteiger partial charge in [-0.05, 0) is 33.3 Å². The van der Waals surface area contributed by atoms with Crippen LogP contribution in [-0.2, 0) is 14.0 Å². The highest BCUT2D eigenvalue weighted by Crippen LogP contribution is 2.40. The summed E-state index contributed by atoms with van der Waals surface area (Å²) in [7, 11) is 1.44. The predicted molar refractivity (Wildman–Crippen MR) is 77.1 cm³/mol. The number of hydrogen-bond donors (Lipinski definition) is 0. The highest BCUT2D eigenvalue weighted by atomic mass is 16.7. The summed E-state index contributed by atoms with van der Waals surface area (Å²) < 4.78 is 17.6. The van der Waals surface area contributed by atoms with Crippen LogP contribution < -0.4 is 0 Å². The van der Waals surface area contributed by atoms with E-state index >= 15 is 0 Å². The van der Waals surface area contributed by atoms with Crippen LogP contribution in [0.15, 0.2) is 30.3 Å². The second-order valence-corrected chi connectivity index (χ2v) is 6.10. The molecule has 3 nitrogen and oxygen atoms in total. The van der Waals surface area contributed by atoms with Crippen molar-refractivity contribution in [2.75, 3.05) is 13.7 Å². The van der Waals surface area contributed by atoms with E-state index in [1.54, 1.807) is 7.11 Å². The Morgan fingerprint density at radius 3 is 2.05 bits per heavy atom. The lowest BCUT2D eigenvalue weighted by Gasteiger charge is -2.32. The van der Waals surface area contributed by atoms with Crippen LogP contribution in [0.4, 0.5) is 0 Å². The van der Waals surface area contributed by atoms with Crippen molar-refractivity contribution in [1.29, 1.82) is 0 Å². The molecule has 0 aliphatic carbocycles. The average molecular weight is 262 g/mol. The van der Waals surface area contributed by atoms with Gasteiger partial charge >= 0.3 is 7.12 Å². The lowest BCUT2D eigenvalue weighted by molar-refractivity contribution is 0.00578. The van der Waals surface area contributed by atoms with Crippen molar-refractivity contribution in [2.24, 2.45) is 0 Å². The second kappa shape index (κ2) is 5.27. The van der Waals surface area contributed by atoms with Crippen LogP contribution in [0.2, 0.25) is 0 Å². The molecule has 4 heteroatoms. The molecule has 0 saturated carbocycles. The van der Waals surface area contributed by atoms with Crippen molar-refractivity contribution >= 4 is 7.12 Å². The summed E-state index contributed by atoms with van der Waals surface area (Å²) in [5.74, 6) is 0.0900. The van der Waals surface area contributed by atoms with Crippen LogP contribution in [0.3, 0.4) is 0 Å². The number of rotatable bonds is 4. The maximum Gasteiger partial charge on any atom is 0.468 e. The van der Waals surface area contributed by atoms with Gasteiger partial charge in [0, 0.05) is 12.9 Å². The molecule has 0 bridgehead atoms. The first-order valence-corrected chi connectivity index (χ1v) is 6.77. The fourth-order valence-corrected chi connectivity index (χ4v) is 2.26. The Hall–Kier alpha value is -0.835. The van der Waals surface area contributed by atoms with Crippen LogP contribution in [0.1, 0.15) is 39.1 Å². The molecule has 1 fully saturated rings. The summed E-state index contributed by atoms with van der Waals surface area (Å²) in [6, 6.07) is 10.3. The van der Waals surface area contributed by atoms with Gasteiger partial charge in [-0.25, -0.2) is 0 Å². The molecule has 1 saturated heterocycles. The van der Waals surface area contributed by atoms with Crippen LogP contribution in [0, 0.1) is 0 Å². The van der Waals surface area contributed by atoms with Gasteiger partial charge in [0.05, 0.1) is 17.8 Å². The van der Waals surface area contributed by atoms with Gasteiger partial charge in [-0.1, -0.05) is 30.3 Å². The van der Waals surface area contributed by atoms with Gasteiger partial charge in [0.25, 0.3) is 0 Å². The van der Waals surface area contributed by atoms with Crippen LogP contribution in [0.25, 0.3) is 0 Å². The van der Waals surface area contributed by atoms with E-state index < -0.39 is 0 Å². The third-order valence-electron chi connectivity index (χ3n) is 4.17. The van der Waals surface area contributed by atoms with Crippen LogP contribution in [-0.4, -0.2) is 32.0 Å². The van der Waals surface area contributed by atoms with Gasteiger partial charge in [0.1, 0.15) is 0 Å². The molecule has 0 aromatic heterocycles. The topological polar surface area (TPSA) is 27.7 Å². The molecule has 0 spiro atoms. The summed E-state index contributed by atoms with van der Waals surface area (Å²) in [5.41, 5.74) is 0.569. The van der Waals surface area contributed by atoms with E-state index in [1.165, 1.54) is 5.56 Å². The molecule has 0 amide bonds. The first-order valence-electron chi connectivity index (χ1n) is 6.77. The average Bonchev–Trinajstić information content (AvgIpc) is 2.56. The van der Waals surface area contributed by atoms with E-state index in [1.807, 2.05) is 18.2 Å². The van der Waals surface area contributed by atoms with Gasteiger partial charge in [0.15, 0.2) is 0 Å². The van der Waals surface area contributed by atoms with Gasteiger partial charge in [-0.15, -0.1) is 0 Å². The highest BCUT2D eigenvalue weighted by molar-refractivity contribution is 6.47. The second-order valence-electron chi connectivity index (χ2n) is 6.10. The van der Waals surface area contributed by atoms with E-state index in [9.17, 15) is 0 Å². The summed E-state index contributed by atoms with van der Waals surface area (Å²) >= 11 is 0. The largest absolute Gasteiger partial charge is 0.468 e. The summed E-state index contributed by atoms with van der Waals surface area (Å²) in [6.07, 6.45) is 0. The van der Waals surface area contributed by atoms with Gasteiger partial charge in [0.2, 0.25) is 0 Å². The molecular formula is C15H23BO3. The zero-order chi connectivity index (χ0) is 14.1. The smallest absolute Gasteiger partial charge is 0.403 e. The van der Waals surface area contributed by atoms with E-state index in [0.717, 1.165) is 0 Å². The third kappa shape index (κ3) is 2.86. The molecule has 1 aliphatic rings. The van der Waals surface area contributed by atoms with Crippen molar-refractivity contribution in [2.45, 2.75) is 44.7 Å². The van der Waals surface area contributed by atoms with Gasteiger partial charge in [-0.3, -0.25) is 0 Å². The fraction of sp³-hybridized carbons (Fsp3) is 0.600. The highest BCUT2D eigenvalue weighted by Gasteiger charge is 2.53. The van der Waals surface area contributed by atoms with Crippen molar-refractivity contribution in [3.05, 3.63) is 35.9 Å². The number of methoxy groups -OCH3 is 1. The molecular weight excluding hydrogens is 239 g/mol. The molecule has 104 valence electrons. The lowest BCUT2D eigenvalue weighted by Crippen LogP contribution is -2.41. The predicted octanol–water partition coefficient (Wildman–Crippen LogP) is 3.05. The van der Waals surface area contributed by atoms with Gasteiger partial charge < -0.3 is 14.0 Å². The standard InChI is InChI=1S/C15H23BO3/c1-14(2)15(3,4)19-16(18-14)13(11-17-5)12-9-7-6-8-10-12/h6-10,13H,11H2,1-5H3. The Balaban J connectivity index is 2.23. The normalized spacial score (nSPS) is 22.5. The molecule has 0 N–H and O–H groups in total. The molecule has 0 radical (unpaired) electrons. The maximum absolute atomic E-state index is 6.13. The van der Waals surface area contributed by atoms with Gasteiger partial charge in [-0.2, -0.15) is 0 Å². The van der Waals surface area contributed by atoms with Crippen LogP contribution in [0.5, 0.6) is 0 Å². The van der Waals surface area contributed by atoms with E-state index in [0.29, 0.717) is 6.61 Å². The van der Waals surface area contributed by atoms with Crippen LogP contribution >= 0.6 is 0 Å². The first-order chi connectivity index (χ1) is 8.87.